The van der Waals surface area contributed by atoms with Gasteiger partial charge in [0.2, 0.25) is 0 Å². The fourth-order valence-corrected chi connectivity index (χ4v) is 1.39. The van der Waals surface area contributed by atoms with Crippen LogP contribution in [0, 0.1) is 11.3 Å². The number of aromatic nitrogens is 1. The van der Waals surface area contributed by atoms with Gasteiger partial charge in [-0.3, -0.25) is 0 Å². The highest BCUT2D eigenvalue weighted by Crippen LogP contribution is 2.20. The highest BCUT2D eigenvalue weighted by atomic mass is 16.3. The summed E-state index contributed by atoms with van der Waals surface area (Å²) < 4.78 is 0. The van der Waals surface area contributed by atoms with E-state index in [0.717, 1.165) is 10.9 Å². The molecule has 2 rings (SSSR count). The molecular formula is C12H10N2O. The topological polar surface area (TPSA) is 56.9 Å². The average Bonchev–Trinajstić information content (AvgIpc) is 2.28. The minimum absolute atomic E-state index is 0.378. The molecule has 0 aliphatic heterocycles. The van der Waals surface area contributed by atoms with Crippen LogP contribution in [-0.4, -0.2) is 10.1 Å². The summed E-state index contributed by atoms with van der Waals surface area (Å²) in [6, 6.07) is 12.9. The molecule has 1 unspecified atom stereocenters. The smallest absolute Gasteiger partial charge is 0.190 e. The minimum atomic E-state index is -1.52. The Morgan fingerprint density at radius 3 is 2.73 bits per heavy atom. The van der Waals surface area contributed by atoms with Crippen LogP contribution in [0.15, 0.2) is 36.4 Å². The lowest BCUT2D eigenvalue weighted by molar-refractivity contribution is 0.115. The normalized spacial score (nSPS) is 14.5. The molecule has 0 aliphatic rings. The van der Waals surface area contributed by atoms with Crippen LogP contribution in [0.1, 0.15) is 12.6 Å². The van der Waals surface area contributed by atoms with Crippen molar-refractivity contribution in [1.29, 1.82) is 5.26 Å². The Morgan fingerprint density at radius 1 is 1.27 bits per heavy atom. The second kappa shape index (κ2) is 3.34. The highest BCUT2D eigenvalue weighted by molar-refractivity contribution is 5.78. The lowest BCUT2D eigenvalue weighted by Gasteiger charge is -2.13. The Balaban J connectivity index is 2.63. The molecule has 0 spiro atoms. The summed E-state index contributed by atoms with van der Waals surface area (Å²) in [5, 5.41) is 19.5. The minimum Gasteiger partial charge on any atom is -0.370 e. The van der Waals surface area contributed by atoms with Crippen molar-refractivity contribution >= 4 is 10.9 Å². The Kier molecular flexibility index (Phi) is 2.14. The molecule has 0 amide bonds. The molecule has 0 saturated heterocycles. The van der Waals surface area contributed by atoms with Crippen molar-refractivity contribution in [2.75, 3.05) is 0 Å². The molecule has 3 nitrogen and oxygen atoms in total. The standard InChI is InChI=1S/C12H10N2O/c1-12(15,8-13)11-7-6-9-4-2-3-5-10(9)14-11/h2-7,15H,1H3. The van der Waals surface area contributed by atoms with E-state index in [4.69, 9.17) is 5.26 Å². The van der Waals surface area contributed by atoms with Gasteiger partial charge in [-0.2, -0.15) is 5.26 Å². The van der Waals surface area contributed by atoms with Crippen molar-refractivity contribution in [3.8, 4) is 6.07 Å². The zero-order valence-corrected chi connectivity index (χ0v) is 8.31. The van der Waals surface area contributed by atoms with Crippen LogP contribution < -0.4 is 0 Å². The van der Waals surface area contributed by atoms with Crippen molar-refractivity contribution < 1.29 is 5.11 Å². The van der Waals surface area contributed by atoms with Crippen molar-refractivity contribution in [2.45, 2.75) is 12.5 Å². The van der Waals surface area contributed by atoms with Crippen LogP contribution in [0.5, 0.6) is 0 Å². The number of pyridine rings is 1. The maximum atomic E-state index is 9.73. The van der Waals surface area contributed by atoms with E-state index in [-0.39, 0.29) is 0 Å². The predicted octanol–water partition coefficient (Wildman–Crippen LogP) is 1.97. The maximum Gasteiger partial charge on any atom is 0.190 e. The summed E-state index contributed by atoms with van der Waals surface area (Å²) in [5.74, 6) is 0. The molecule has 74 valence electrons. The maximum absolute atomic E-state index is 9.73. The Bertz CT molecular complexity index is 541. The average molecular weight is 198 g/mol. The number of hydrogen-bond donors (Lipinski definition) is 1. The quantitative estimate of drug-likeness (QED) is 0.712. The lowest BCUT2D eigenvalue weighted by Crippen LogP contribution is -2.19. The van der Waals surface area contributed by atoms with Gasteiger partial charge < -0.3 is 5.11 Å². The van der Waals surface area contributed by atoms with Gasteiger partial charge in [-0.25, -0.2) is 4.98 Å². The van der Waals surface area contributed by atoms with Gasteiger partial charge in [-0.15, -0.1) is 0 Å². The number of benzene rings is 1. The number of nitrogens with zero attached hydrogens (tertiary/aromatic N) is 2. The molecule has 0 bridgehead atoms. The molecule has 1 atom stereocenters. The van der Waals surface area contributed by atoms with E-state index in [1.807, 2.05) is 36.4 Å². The third-order valence-corrected chi connectivity index (χ3v) is 2.31. The fraction of sp³-hybridized carbons (Fsp3) is 0.167. The molecule has 0 saturated carbocycles. The number of nitriles is 1. The van der Waals surface area contributed by atoms with E-state index in [0.29, 0.717) is 5.69 Å². The van der Waals surface area contributed by atoms with Gasteiger partial charge in [0, 0.05) is 5.39 Å². The zero-order chi connectivity index (χ0) is 10.9. The first-order valence-corrected chi connectivity index (χ1v) is 4.63. The van der Waals surface area contributed by atoms with Crippen molar-refractivity contribution in [3.63, 3.8) is 0 Å². The summed E-state index contributed by atoms with van der Waals surface area (Å²) >= 11 is 0. The highest BCUT2D eigenvalue weighted by Gasteiger charge is 2.23. The van der Waals surface area contributed by atoms with Gasteiger partial charge in [0.1, 0.15) is 6.07 Å². The van der Waals surface area contributed by atoms with E-state index in [1.165, 1.54) is 6.92 Å². The van der Waals surface area contributed by atoms with Crippen LogP contribution in [-0.2, 0) is 5.60 Å². The summed E-state index contributed by atoms with van der Waals surface area (Å²) in [4.78, 5) is 4.25. The molecule has 1 heterocycles. The van der Waals surface area contributed by atoms with E-state index >= 15 is 0 Å². The van der Waals surface area contributed by atoms with Crippen molar-refractivity contribution in [1.82, 2.24) is 4.98 Å². The SMILES string of the molecule is CC(O)(C#N)c1ccc2ccccc2n1. The molecule has 2 aromatic rings. The number of para-hydroxylation sites is 1. The number of hydrogen-bond acceptors (Lipinski definition) is 3. The van der Waals surface area contributed by atoms with Gasteiger partial charge in [-0.1, -0.05) is 24.3 Å². The molecule has 1 N–H and O–H groups in total. The number of aliphatic hydroxyl groups is 1. The lowest BCUT2D eigenvalue weighted by atomic mass is 10.0. The largest absolute Gasteiger partial charge is 0.370 e. The van der Waals surface area contributed by atoms with Crippen LogP contribution in [0.4, 0.5) is 0 Å². The van der Waals surface area contributed by atoms with Crippen LogP contribution in [0.2, 0.25) is 0 Å². The van der Waals surface area contributed by atoms with Gasteiger partial charge in [0.25, 0.3) is 0 Å². The zero-order valence-electron chi connectivity index (χ0n) is 8.31. The fourth-order valence-electron chi connectivity index (χ4n) is 1.39. The third kappa shape index (κ3) is 1.67. The summed E-state index contributed by atoms with van der Waals surface area (Å²) in [6.07, 6.45) is 0. The first kappa shape index (κ1) is 9.63. The van der Waals surface area contributed by atoms with Crippen LogP contribution >= 0.6 is 0 Å². The van der Waals surface area contributed by atoms with Gasteiger partial charge in [-0.05, 0) is 19.1 Å². The summed E-state index contributed by atoms with van der Waals surface area (Å²) in [7, 11) is 0. The monoisotopic (exact) mass is 198 g/mol. The van der Waals surface area contributed by atoms with Gasteiger partial charge in [0.05, 0.1) is 11.2 Å². The van der Waals surface area contributed by atoms with E-state index < -0.39 is 5.60 Å². The van der Waals surface area contributed by atoms with Crippen LogP contribution in [0.25, 0.3) is 10.9 Å². The van der Waals surface area contributed by atoms with Crippen molar-refractivity contribution in [3.05, 3.63) is 42.1 Å². The molecule has 0 aliphatic carbocycles. The third-order valence-electron chi connectivity index (χ3n) is 2.31. The Labute approximate surface area is 87.6 Å². The van der Waals surface area contributed by atoms with Gasteiger partial charge in [0.15, 0.2) is 5.60 Å². The number of fused-ring (bicyclic) bond motifs is 1. The van der Waals surface area contributed by atoms with Crippen LogP contribution in [0.3, 0.4) is 0 Å². The number of rotatable bonds is 1. The molecule has 15 heavy (non-hydrogen) atoms. The molecule has 0 fully saturated rings. The predicted molar refractivity (Wildman–Crippen MR) is 56.9 cm³/mol. The molecule has 1 aromatic heterocycles. The summed E-state index contributed by atoms with van der Waals surface area (Å²) in [5.41, 5.74) is -0.362. The molecular weight excluding hydrogens is 188 g/mol. The first-order valence-electron chi connectivity index (χ1n) is 4.63. The Morgan fingerprint density at radius 2 is 2.00 bits per heavy atom. The second-order valence-corrected chi connectivity index (χ2v) is 3.57. The summed E-state index contributed by atoms with van der Waals surface area (Å²) in [6.45, 7) is 1.43. The second-order valence-electron chi connectivity index (χ2n) is 3.57. The first-order chi connectivity index (χ1) is 7.13. The Hall–Kier alpha value is -1.92. The van der Waals surface area contributed by atoms with Gasteiger partial charge >= 0.3 is 0 Å². The van der Waals surface area contributed by atoms with E-state index in [1.54, 1.807) is 6.07 Å². The van der Waals surface area contributed by atoms with E-state index in [2.05, 4.69) is 4.98 Å². The van der Waals surface area contributed by atoms with Crippen molar-refractivity contribution in [2.24, 2.45) is 0 Å². The molecule has 0 radical (unpaired) electrons. The molecule has 3 heteroatoms. The van der Waals surface area contributed by atoms with E-state index in [9.17, 15) is 5.11 Å². The molecule has 1 aromatic carbocycles.